The number of H-pyrrole nitrogens is 1. The first-order valence-electron chi connectivity index (χ1n) is 10.7. The third kappa shape index (κ3) is 4.12. The molecule has 2 fully saturated rings. The average Bonchev–Trinajstić information content (AvgIpc) is 3.29. The molecule has 1 N–H and O–H groups in total. The fourth-order valence-electron chi connectivity index (χ4n) is 4.79. The van der Waals surface area contributed by atoms with Crippen LogP contribution < -0.4 is 4.90 Å². The maximum absolute atomic E-state index is 13.1. The van der Waals surface area contributed by atoms with Crippen LogP contribution in [-0.4, -0.2) is 47.0 Å². The number of imidazole rings is 1. The lowest BCUT2D eigenvalue weighted by molar-refractivity contribution is -0.136. The predicted molar refractivity (Wildman–Crippen MR) is 110 cm³/mol. The van der Waals surface area contributed by atoms with Gasteiger partial charge in [0, 0.05) is 32.1 Å². The second-order valence-electron chi connectivity index (χ2n) is 8.23. The molecule has 4 rings (SSSR count). The number of nitrogens with zero attached hydrogens (tertiary/aromatic N) is 3. The minimum absolute atomic E-state index is 0.214. The average molecular weight is 369 g/mol. The second-order valence-corrected chi connectivity index (χ2v) is 8.23. The zero-order valence-electron chi connectivity index (χ0n) is 16.5. The van der Waals surface area contributed by atoms with Gasteiger partial charge in [-0.25, -0.2) is 4.98 Å². The molecule has 1 aromatic carbocycles. The van der Waals surface area contributed by atoms with E-state index in [9.17, 15) is 4.79 Å². The standard InChI is InChI=1S/C22H32N4O/c1-2-18(16-17-8-3-4-9-17)21(27)25-12-7-13-26(15-14-25)22-23-19-10-5-6-11-20(19)24-22/h5-6,10-11,17-18H,2-4,7-9,12-16H2,1H3,(H,23,24). The summed E-state index contributed by atoms with van der Waals surface area (Å²) < 4.78 is 0. The van der Waals surface area contributed by atoms with Crippen LogP contribution >= 0.6 is 0 Å². The molecule has 1 aliphatic carbocycles. The van der Waals surface area contributed by atoms with Crippen molar-refractivity contribution >= 4 is 22.9 Å². The first-order chi connectivity index (χ1) is 13.2. The van der Waals surface area contributed by atoms with Gasteiger partial charge in [-0.3, -0.25) is 4.79 Å². The lowest BCUT2D eigenvalue weighted by Gasteiger charge is -2.27. The van der Waals surface area contributed by atoms with Crippen LogP contribution in [0.5, 0.6) is 0 Å². The molecule has 1 unspecified atom stereocenters. The van der Waals surface area contributed by atoms with Crippen LogP contribution in [0.1, 0.15) is 51.9 Å². The largest absolute Gasteiger partial charge is 0.341 e. The first kappa shape index (κ1) is 18.3. The molecule has 2 heterocycles. The maximum Gasteiger partial charge on any atom is 0.225 e. The van der Waals surface area contributed by atoms with Crippen molar-refractivity contribution < 1.29 is 4.79 Å². The van der Waals surface area contributed by atoms with Crippen molar-refractivity contribution in [2.75, 3.05) is 31.1 Å². The van der Waals surface area contributed by atoms with E-state index in [4.69, 9.17) is 4.98 Å². The number of hydrogen-bond acceptors (Lipinski definition) is 3. The molecule has 1 saturated heterocycles. The SMILES string of the molecule is CCC(CC1CCCC1)C(=O)N1CCCN(c2nc3ccccc3[nH]2)CC1. The fraction of sp³-hybridized carbons (Fsp3) is 0.636. The molecular weight excluding hydrogens is 336 g/mol. The molecule has 0 radical (unpaired) electrons. The van der Waals surface area contributed by atoms with Gasteiger partial charge in [0.2, 0.25) is 11.9 Å². The van der Waals surface area contributed by atoms with Crippen LogP contribution in [0.25, 0.3) is 11.0 Å². The van der Waals surface area contributed by atoms with E-state index in [1.165, 1.54) is 25.7 Å². The van der Waals surface area contributed by atoms with Crippen LogP contribution in [0.15, 0.2) is 24.3 Å². The molecule has 0 spiro atoms. The molecule has 2 aromatic rings. The smallest absolute Gasteiger partial charge is 0.225 e. The highest BCUT2D eigenvalue weighted by atomic mass is 16.2. The van der Waals surface area contributed by atoms with Crippen molar-refractivity contribution in [1.29, 1.82) is 0 Å². The summed E-state index contributed by atoms with van der Waals surface area (Å²) in [7, 11) is 0. The quantitative estimate of drug-likeness (QED) is 0.860. The summed E-state index contributed by atoms with van der Waals surface area (Å²) in [5, 5.41) is 0. The van der Waals surface area contributed by atoms with E-state index in [0.717, 1.165) is 68.3 Å². The van der Waals surface area contributed by atoms with E-state index >= 15 is 0 Å². The summed E-state index contributed by atoms with van der Waals surface area (Å²) in [5.41, 5.74) is 2.08. The summed E-state index contributed by atoms with van der Waals surface area (Å²) in [6, 6.07) is 8.15. The fourth-order valence-corrected chi connectivity index (χ4v) is 4.79. The number of aromatic amines is 1. The highest BCUT2D eigenvalue weighted by Gasteiger charge is 2.28. The minimum Gasteiger partial charge on any atom is -0.341 e. The third-order valence-electron chi connectivity index (χ3n) is 6.42. The van der Waals surface area contributed by atoms with Gasteiger partial charge in [-0.05, 0) is 37.3 Å². The topological polar surface area (TPSA) is 52.2 Å². The van der Waals surface area contributed by atoms with Gasteiger partial charge < -0.3 is 14.8 Å². The number of benzene rings is 1. The van der Waals surface area contributed by atoms with Crippen molar-refractivity contribution in [3.63, 3.8) is 0 Å². The number of aromatic nitrogens is 2. The molecule has 1 saturated carbocycles. The van der Waals surface area contributed by atoms with Gasteiger partial charge in [-0.15, -0.1) is 0 Å². The lowest BCUT2D eigenvalue weighted by atomic mass is 9.90. The summed E-state index contributed by atoms with van der Waals surface area (Å²) in [4.78, 5) is 25.7. The lowest BCUT2D eigenvalue weighted by Crippen LogP contribution is -2.39. The van der Waals surface area contributed by atoms with Crippen molar-refractivity contribution in [3.05, 3.63) is 24.3 Å². The predicted octanol–water partition coefficient (Wildman–Crippen LogP) is 4.21. The Hall–Kier alpha value is -2.04. The van der Waals surface area contributed by atoms with Crippen LogP contribution in [0.3, 0.4) is 0 Å². The molecule has 0 bridgehead atoms. The van der Waals surface area contributed by atoms with Crippen molar-refractivity contribution in [2.45, 2.75) is 51.9 Å². The number of para-hydroxylation sites is 2. The van der Waals surface area contributed by atoms with E-state index in [1.54, 1.807) is 0 Å². The molecule has 27 heavy (non-hydrogen) atoms. The Morgan fingerprint density at radius 3 is 2.74 bits per heavy atom. The van der Waals surface area contributed by atoms with Gasteiger partial charge >= 0.3 is 0 Å². The highest BCUT2D eigenvalue weighted by molar-refractivity contribution is 5.79. The number of anilines is 1. The number of fused-ring (bicyclic) bond motifs is 1. The molecule has 1 atom stereocenters. The highest BCUT2D eigenvalue weighted by Crippen LogP contribution is 2.32. The van der Waals surface area contributed by atoms with Crippen molar-refractivity contribution in [1.82, 2.24) is 14.9 Å². The second kappa shape index (κ2) is 8.32. The third-order valence-corrected chi connectivity index (χ3v) is 6.42. The maximum atomic E-state index is 13.1. The first-order valence-corrected chi connectivity index (χ1v) is 10.7. The van der Waals surface area contributed by atoms with Crippen LogP contribution in [0.2, 0.25) is 0 Å². The van der Waals surface area contributed by atoms with Gasteiger partial charge in [0.1, 0.15) is 0 Å². The van der Waals surface area contributed by atoms with E-state index in [1.807, 2.05) is 18.2 Å². The van der Waals surface area contributed by atoms with E-state index in [0.29, 0.717) is 5.91 Å². The van der Waals surface area contributed by atoms with Crippen LogP contribution in [-0.2, 0) is 4.79 Å². The van der Waals surface area contributed by atoms with Gasteiger partial charge in [0.15, 0.2) is 0 Å². The number of amides is 1. The molecular formula is C22H32N4O. The number of carbonyl (C=O) groups is 1. The molecule has 2 aliphatic rings. The molecule has 5 heteroatoms. The normalized spacial score (nSPS) is 20.2. The summed E-state index contributed by atoms with van der Waals surface area (Å²) in [5.74, 6) is 2.31. The Morgan fingerprint density at radius 1 is 1.15 bits per heavy atom. The number of hydrogen-bond donors (Lipinski definition) is 1. The zero-order chi connectivity index (χ0) is 18.6. The van der Waals surface area contributed by atoms with Gasteiger partial charge in [0.05, 0.1) is 11.0 Å². The van der Waals surface area contributed by atoms with Crippen LogP contribution in [0, 0.1) is 11.8 Å². The Bertz CT molecular complexity index is 732. The van der Waals surface area contributed by atoms with Crippen molar-refractivity contribution in [2.24, 2.45) is 11.8 Å². The van der Waals surface area contributed by atoms with Gasteiger partial charge in [-0.1, -0.05) is 44.7 Å². The molecule has 1 aliphatic heterocycles. The van der Waals surface area contributed by atoms with E-state index in [2.05, 4.69) is 27.8 Å². The minimum atomic E-state index is 0.214. The Morgan fingerprint density at radius 2 is 1.96 bits per heavy atom. The number of rotatable bonds is 5. The molecule has 146 valence electrons. The van der Waals surface area contributed by atoms with Gasteiger partial charge in [0.25, 0.3) is 0 Å². The summed E-state index contributed by atoms with van der Waals surface area (Å²) in [6.07, 6.45) is 8.42. The summed E-state index contributed by atoms with van der Waals surface area (Å²) >= 11 is 0. The molecule has 1 amide bonds. The number of nitrogens with one attached hydrogen (secondary N) is 1. The monoisotopic (exact) mass is 368 g/mol. The zero-order valence-corrected chi connectivity index (χ0v) is 16.5. The Kier molecular flexibility index (Phi) is 5.65. The molecule has 5 nitrogen and oxygen atoms in total. The van der Waals surface area contributed by atoms with E-state index in [-0.39, 0.29) is 5.92 Å². The Balaban J connectivity index is 1.39. The summed E-state index contributed by atoms with van der Waals surface area (Å²) in [6.45, 7) is 5.65. The van der Waals surface area contributed by atoms with Gasteiger partial charge in [-0.2, -0.15) is 0 Å². The molecule has 1 aromatic heterocycles. The number of carbonyl (C=O) groups excluding carboxylic acids is 1. The van der Waals surface area contributed by atoms with Crippen molar-refractivity contribution in [3.8, 4) is 0 Å². The Labute approximate surface area is 162 Å². The van der Waals surface area contributed by atoms with Crippen LogP contribution in [0.4, 0.5) is 5.95 Å². The van der Waals surface area contributed by atoms with E-state index < -0.39 is 0 Å².